The van der Waals surface area contributed by atoms with Gasteiger partial charge in [-0.15, -0.1) is 10.2 Å². The maximum Gasteiger partial charge on any atom is 0.238 e. The molecule has 1 aliphatic carbocycles. The Kier molecular flexibility index (Phi) is 5.10. The van der Waals surface area contributed by atoms with Crippen LogP contribution in [0, 0.1) is 6.92 Å². The third-order valence-electron chi connectivity index (χ3n) is 3.77. The third kappa shape index (κ3) is 3.87. The van der Waals surface area contributed by atoms with Gasteiger partial charge in [0.1, 0.15) is 10.3 Å². The second-order valence-electron chi connectivity index (χ2n) is 5.49. The lowest BCUT2D eigenvalue weighted by molar-refractivity contribution is -0.121. The van der Waals surface area contributed by atoms with Gasteiger partial charge in [-0.3, -0.25) is 4.79 Å². The number of hydrogen-bond donors (Lipinski definition) is 1. The summed E-state index contributed by atoms with van der Waals surface area (Å²) in [5.41, 5.74) is 1.01. The summed E-state index contributed by atoms with van der Waals surface area (Å²) >= 11 is 3.02. The maximum absolute atomic E-state index is 12.7. The van der Waals surface area contributed by atoms with Crippen molar-refractivity contribution in [2.24, 2.45) is 0 Å². The zero-order valence-corrected chi connectivity index (χ0v) is 14.1. The van der Waals surface area contributed by atoms with Gasteiger partial charge in [0.15, 0.2) is 4.34 Å². The highest BCUT2D eigenvalue weighted by molar-refractivity contribution is 8.01. The zero-order chi connectivity index (χ0) is 15.4. The van der Waals surface area contributed by atoms with Gasteiger partial charge in [-0.2, -0.15) is 0 Å². The van der Waals surface area contributed by atoms with Gasteiger partial charge < -0.3 is 5.32 Å². The Hall–Kier alpha value is -1.40. The van der Waals surface area contributed by atoms with Crippen molar-refractivity contribution < 1.29 is 4.79 Å². The SMILES string of the molecule is Cc1nnc(S[C@@H](C(=O)NC2CCCC2)c2ccccc2)s1. The summed E-state index contributed by atoms with van der Waals surface area (Å²) in [5.74, 6) is 0.0796. The summed E-state index contributed by atoms with van der Waals surface area (Å²) in [6.45, 7) is 1.93. The summed E-state index contributed by atoms with van der Waals surface area (Å²) in [4.78, 5) is 12.7. The summed E-state index contributed by atoms with van der Waals surface area (Å²) in [6.07, 6.45) is 4.61. The van der Waals surface area contributed by atoms with Gasteiger partial charge >= 0.3 is 0 Å². The van der Waals surface area contributed by atoms with E-state index in [1.165, 1.54) is 35.9 Å². The van der Waals surface area contributed by atoms with Gasteiger partial charge in [-0.25, -0.2) is 0 Å². The van der Waals surface area contributed by atoms with E-state index in [9.17, 15) is 4.79 Å². The van der Waals surface area contributed by atoms with E-state index in [0.29, 0.717) is 6.04 Å². The number of aryl methyl sites for hydroxylation is 1. The van der Waals surface area contributed by atoms with Crippen LogP contribution in [0.25, 0.3) is 0 Å². The van der Waals surface area contributed by atoms with Gasteiger partial charge in [0, 0.05) is 6.04 Å². The molecule has 6 heteroatoms. The van der Waals surface area contributed by atoms with Gasteiger partial charge in [-0.1, -0.05) is 66.3 Å². The molecule has 116 valence electrons. The van der Waals surface area contributed by atoms with Crippen molar-refractivity contribution >= 4 is 29.0 Å². The maximum atomic E-state index is 12.7. The Balaban J connectivity index is 1.77. The van der Waals surface area contributed by atoms with Crippen LogP contribution >= 0.6 is 23.1 Å². The van der Waals surface area contributed by atoms with Crippen molar-refractivity contribution in [3.05, 3.63) is 40.9 Å². The van der Waals surface area contributed by atoms with Crippen molar-refractivity contribution in [3.8, 4) is 0 Å². The van der Waals surface area contributed by atoms with Crippen LogP contribution in [0.15, 0.2) is 34.7 Å². The molecule has 1 aromatic carbocycles. The molecule has 3 rings (SSSR count). The molecule has 1 aliphatic rings. The zero-order valence-electron chi connectivity index (χ0n) is 12.5. The molecular formula is C16H19N3OS2. The number of nitrogens with zero attached hydrogens (tertiary/aromatic N) is 2. The molecule has 0 aliphatic heterocycles. The fourth-order valence-electron chi connectivity index (χ4n) is 2.67. The minimum Gasteiger partial charge on any atom is -0.352 e. The Morgan fingerprint density at radius 3 is 2.64 bits per heavy atom. The quantitative estimate of drug-likeness (QED) is 0.847. The first-order valence-corrected chi connectivity index (χ1v) is 9.24. The van der Waals surface area contributed by atoms with Gasteiger partial charge in [0.05, 0.1) is 0 Å². The van der Waals surface area contributed by atoms with E-state index in [0.717, 1.165) is 27.8 Å². The predicted octanol–water partition coefficient (Wildman–Crippen LogP) is 3.74. The van der Waals surface area contributed by atoms with Crippen molar-refractivity contribution in [1.29, 1.82) is 0 Å². The minimum absolute atomic E-state index is 0.0796. The van der Waals surface area contributed by atoms with Crippen LogP contribution in [-0.4, -0.2) is 22.1 Å². The number of hydrogen-bond acceptors (Lipinski definition) is 5. The largest absolute Gasteiger partial charge is 0.352 e. The van der Waals surface area contributed by atoms with E-state index < -0.39 is 0 Å². The summed E-state index contributed by atoms with van der Waals surface area (Å²) in [7, 11) is 0. The molecule has 1 saturated carbocycles. The topological polar surface area (TPSA) is 54.9 Å². The Morgan fingerprint density at radius 1 is 1.27 bits per heavy atom. The number of carbonyl (C=O) groups excluding carboxylic acids is 1. The van der Waals surface area contributed by atoms with Crippen molar-refractivity contribution in [1.82, 2.24) is 15.5 Å². The molecule has 4 nitrogen and oxygen atoms in total. The van der Waals surface area contributed by atoms with Crippen LogP contribution in [0.4, 0.5) is 0 Å². The molecule has 0 saturated heterocycles. The monoisotopic (exact) mass is 333 g/mol. The van der Waals surface area contributed by atoms with Gasteiger partial charge in [0.2, 0.25) is 5.91 Å². The Labute approximate surface area is 138 Å². The van der Waals surface area contributed by atoms with E-state index in [1.807, 2.05) is 37.3 Å². The van der Waals surface area contributed by atoms with Crippen LogP contribution in [0.3, 0.4) is 0 Å². The van der Waals surface area contributed by atoms with Crippen LogP contribution in [-0.2, 0) is 4.79 Å². The smallest absolute Gasteiger partial charge is 0.238 e. The number of carbonyl (C=O) groups is 1. The van der Waals surface area contributed by atoms with Crippen molar-refractivity contribution in [2.75, 3.05) is 0 Å². The average Bonchev–Trinajstić information content (AvgIpc) is 3.17. The van der Waals surface area contributed by atoms with Crippen LogP contribution in [0.2, 0.25) is 0 Å². The van der Waals surface area contributed by atoms with Crippen molar-refractivity contribution in [3.63, 3.8) is 0 Å². The van der Waals surface area contributed by atoms with Crippen molar-refractivity contribution in [2.45, 2.75) is 48.2 Å². The molecule has 0 unspecified atom stereocenters. The van der Waals surface area contributed by atoms with E-state index in [4.69, 9.17) is 0 Å². The van der Waals surface area contributed by atoms with E-state index in [1.54, 1.807) is 0 Å². The molecule has 0 radical (unpaired) electrons. The number of aromatic nitrogens is 2. The van der Waals surface area contributed by atoms with Crippen LogP contribution < -0.4 is 5.32 Å². The van der Waals surface area contributed by atoms with E-state index in [-0.39, 0.29) is 11.2 Å². The summed E-state index contributed by atoms with van der Waals surface area (Å²) in [5, 5.41) is 12.0. The Bertz CT molecular complexity index is 623. The first-order chi connectivity index (χ1) is 10.7. The lowest BCUT2D eigenvalue weighted by Crippen LogP contribution is -2.35. The molecule has 2 aromatic rings. The lowest BCUT2D eigenvalue weighted by atomic mass is 10.1. The lowest BCUT2D eigenvalue weighted by Gasteiger charge is -2.19. The molecule has 1 aromatic heterocycles. The van der Waals surface area contributed by atoms with Gasteiger partial charge in [0.25, 0.3) is 0 Å². The number of thioether (sulfide) groups is 1. The predicted molar refractivity (Wildman–Crippen MR) is 90.1 cm³/mol. The molecular weight excluding hydrogens is 314 g/mol. The first-order valence-electron chi connectivity index (χ1n) is 7.54. The average molecular weight is 333 g/mol. The first kappa shape index (κ1) is 15.5. The van der Waals surface area contributed by atoms with Crippen LogP contribution in [0.1, 0.15) is 41.5 Å². The van der Waals surface area contributed by atoms with E-state index in [2.05, 4.69) is 15.5 Å². The molecule has 1 fully saturated rings. The molecule has 0 spiro atoms. The molecule has 1 N–H and O–H groups in total. The molecule has 0 bridgehead atoms. The number of benzene rings is 1. The molecule has 1 heterocycles. The fourth-order valence-corrected chi connectivity index (χ4v) is 4.69. The second-order valence-corrected chi connectivity index (χ2v) is 8.02. The highest BCUT2D eigenvalue weighted by atomic mass is 32.2. The minimum atomic E-state index is -0.269. The second kappa shape index (κ2) is 7.24. The number of nitrogens with one attached hydrogen (secondary N) is 1. The summed E-state index contributed by atoms with van der Waals surface area (Å²) < 4.78 is 0.841. The molecule has 1 amide bonds. The van der Waals surface area contributed by atoms with Gasteiger partial charge in [-0.05, 0) is 25.3 Å². The van der Waals surface area contributed by atoms with E-state index >= 15 is 0 Å². The molecule has 22 heavy (non-hydrogen) atoms. The Morgan fingerprint density at radius 2 is 2.00 bits per heavy atom. The molecule has 1 atom stereocenters. The number of amides is 1. The summed E-state index contributed by atoms with van der Waals surface area (Å²) in [6, 6.07) is 10.2. The highest BCUT2D eigenvalue weighted by Crippen LogP contribution is 2.37. The third-order valence-corrected chi connectivity index (χ3v) is 5.95. The fraction of sp³-hybridized carbons (Fsp3) is 0.438. The van der Waals surface area contributed by atoms with Crippen LogP contribution in [0.5, 0.6) is 0 Å². The normalized spacial score (nSPS) is 16.6. The highest BCUT2D eigenvalue weighted by Gasteiger charge is 2.26. The number of rotatable bonds is 5. The standard InChI is InChI=1S/C16H19N3OS2/c1-11-18-19-16(21-11)22-14(12-7-3-2-4-8-12)15(20)17-13-9-5-6-10-13/h2-4,7-8,13-14H,5-6,9-10H2,1H3,(H,17,20)/t14-/m1/s1.